The van der Waals surface area contributed by atoms with Crippen LogP contribution in [0.1, 0.15) is 57.4 Å². The molecular weight excluding hydrogens is 376 g/mol. The van der Waals surface area contributed by atoms with E-state index in [0.717, 1.165) is 70.0 Å². The molecule has 2 N–H and O–H groups in total. The zero-order chi connectivity index (χ0) is 21.2. The zero-order valence-electron chi connectivity index (χ0n) is 18.7. The fraction of sp³-hybridized carbons (Fsp3) is 0.667. The summed E-state index contributed by atoms with van der Waals surface area (Å²) in [6, 6.07) is 8.46. The lowest BCUT2D eigenvalue weighted by Crippen LogP contribution is -2.45. The van der Waals surface area contributed by atoms with E-state index in [1.807, 2.05) is 12.1 Å². The van der Waals surface area contributed by atoms with Gasteiger partial charge in [-0.05, 0) is 58.1 Å². The molecule has 6 nitrogen and oxygen atoms in total. The summed E-state index contributed by atoms with van der Waals surface area (Å²) in [5, 5.41) is 6.86. The van der Waals surface area contributed by atoms with Crippen LogP contribution in [-0.4, -0.2) is 55.6 Å². The summed E-state index contributed by atoms with van der Waals surface area (Å²) in [6.07, 6.45) is 7.52. The first-order chi connectivity index (χ1) is 14.7. The third kappa shape index (κ3) is 6.92. The van der Waals surface area contributed by atoms with Gasteiger partial charge in [0.2, 0.25) is 5.91 Å². The summed E-state index contributed by atoms with van der Waals surface area (Å²) >= 11 is 0. The Kier molecular flexibility index (Phi) is 8.84. The lowest BCUT2D eigenvalue weighted by atomic mass is 10.1. The number of carbonyl (C=O) groups is 1. The number of hydrogen-bond acceptors (Lipinski definition) is 3. The summed E-state index contributed by atoms with van der Waals surface area (Å²) < 4.78 is 5.78. The van der Waals surface area contributed by atoms with Gasteiger partial charge in [0.15, 0.2) is 5.96 Å². The standard InChI is InChI=1S/C24H38N4O2/c1-3-25-24(26-15-6-7-17-30-22-12-10-19(2)11-13-22)27-21-14-16-28(18-21)23(29)20-8-4-5-9-20/h10-13,20-21H,3-9,14-18H2,1-2H3,(H2,25,26,27). The van der Waals surface area contributed by atoms with Gasteiger partial charge in [-0.1, -0.05) is 30.5 Å². The van der Waals surface area contributed by atoms with E-state index >= 15 is 0 Å². The molecule has 1 amide bonds. The smallest absolute Gasteiger partial charge is 0.225 e. The molecule has 1 aliphatic carbocycles. The number of aryl methyl sites for hydroxylation is 1. The highest BCUT2D eigenvalue weighted by Gasteiger charge is 2.32. The van der Waals surface area contributed by atoms with Crippen LogP contribution in [0.2, 0.25) is 0 Å². The molecule has 2 aliphatic rings. The van der Waals surface area contributed by atoms with Gasteiger partial charge in [-0.2, -0.15) is 0 Å². The van der Waals surface area contributed by atoms with Crippen LogP contribution in [-0.2, 0) is 4.79 Å². The van der Waals surface area contributed by atoms with Crippen molar-refractivity contribution in [1.82, 2.24) is 15.5 Å². The van der Waals surface area contributed by atoms with Crippen molar-refractivity contribution in [3.63, 3.8) is 0 Å². The molecule has 1 heterocycles. The Balaban J connectivity index is 1.35. The predicted molar refractivity (Wildman–Crippen MR) is 122 cm³/mol. The van der Waals surface area contributed by atoms with Crippen LogP contribution >= 0.6 is 0 Å². The average molecular weight is 415 g/mol. The number of aliphatic imine (C=N–C) groups is 1. The Labute approximate surface area is 181 Å². The highest BCUT2D eigenvalue weighted by Crippen LogP contribution is 2.27. The number of unbranched alkanes of at least 4 members (excludes halogenated alkanes) is 1. The minimum Gasteiger partial charge on any atom is -0.494 e. The number of rotatable bonds is 9. The number of amides is 1. The number of ether oxygens (including phenoxy) is 1. The zero-order valence-corrected chi connectivity index (χ0v) is 18.7. The van der Waals surface area contributed by atoms with Crippen molar-refractivity contribution >= 4 is 11.9 Å². The van der Waals surface area contributed by atoms with Gasteiger partial charge < -0.3 is 20.3 Å². The Morgan fingerprint density at radius 1 is 1.17 bits per heavy atom. The number of guanidine groups is 1. The van der Waals surface area contributed by atoms with Crippen molar-refractivity contribution in [3.05, 3.63) is 29.8 Å². The minimum absolute atomic E-state index is 0.271. The van der Waals surface area contributed by atoms with Gasteiger partial charge in [0.25, 0.3) is 0 Å². The van der Waals surface area contributed by atoms with Gasteiger partial charge in [-0.15, -0.1) is 0 Å². The van der Waals surface area contributed by atoms with Gasteiger partial charge in [0.1, 0.15) is 5.75 Å². The molecule has 1 saturated carbocycles. The quantitative estimate of drug-likeness (QED) is 0.369. The fourth-order valence-corrected chi connectivity index (χ4v) is 4.25. The molecule has 1 aliphatic heterocycles. The van der Waals surface area contributed by atoms with Crippen molar-refractivity contribution in [2.45, 2.75) is 64.8 Å². The van der Waals surface area contributed by atoms with Crippen molar-refractivity contribution in [2.24, 2.45) is 10.9 Å². The number of likely N-dealkylation sites (tertiary alicyclic amines) is 1. The van der Waals surface area contributed by atoms with Gasteiger partial charge in [0, 0.05) is 38.1 Å². The van der Waals surface area contributed by atoms with Crippen LogP contribution in [0.4, 0.5) is 0 Å². The van der Waals surface area contributed by atoms with E-state index in [9.17, 15) is 4.79 Å². The lowest BCUT2D eigenvalue weighted by Gasteiger charge is -2.21. The van der Waals surface area contributed by atoms with E-state index in [-0.39, 0.29) is 12.0 Å². The first kappa shape index (κ1) is 22.4. The van der Waals surface area contributed by atoms with Gasteiger partial charge >= 0.3 is 0 Å². The molecule has 0 radical (unpaired) electrons. The minimum atomic E-state index is 0.271. The predicted octanol–water partition coefficient (Wildman–Crippen LogP) is 3.50. The summed E-state index contributed by atoms with van der Waals surface area (Å²) in [7, 11) is 0. The van der Waals surface area contributed by atoms with Crippen LogP contribution in [0.15, 0.2) is 29.3 Å². The number of carbonyl (C=O) groups excluding carboxylic acids is 1. The number of nitrogens with one attached hydrogen (secondary N) is 2. The number of hydrogen-bond donors (Lipinski definition) is 2. The maximum absolute atomic E-state index is 12.6. The second-order valence-electron chi connectivity index (χ2n) is 8.52. The van der Waals surface area contributed by atoms with Crippen LogP contribution < -0.4 is 15.4 Å². The summed E-state index contributed by atoms with van der Waals surface area (Å²) in [4.78, 5) is 19.4. The van der Waals surface area contributed by atoms with Crippen LogP contribution in [0.5, 0.6) is 5.75 Å². The molecule has 0 bridgehead atoms. The fourth-order valence-electron chi connectivity index (χ4n) is 4.25. The first-order valence-electron chi connectivity index (χ1n) is 11.7. The number of nitrogens with zero attached hydrogens (tertiary/aromatic N) is 2. The Morgan fingerprint density at radius 2 is 1.93 bits per heavy atom. The van der Waals surface area contributed by atoms with E-state index in [4.69, 9.17) is 9.73 Å². The first-order valence-corrected chi connectivity index (χ1v) is 11.7. The highest BCUT2D eigenvalue weighted by molar-refractivity contribution is 5.81. The molecule has 0 spiro atoms. The van der Waals surface area contributed by atoms with E-state index in [2.05, 4.69) is 41.5 Å². The molecular formula is C24H38N4O2. The third-order valence-electron chi connectivity index (χ3n) is 6.00. The molecule has 30 heavy (non-hydrogen) atoms. The van der Waals surface area contributed by atoms with Crippen LogP contribution in [0, 0.1) is 12.8 Å². The van der Waals surface area contributed by atoms with Crippen molar-refractivity contribution < 1.29 is 9.53 Å². The Hall–Kier alpha value is -2.24. The summed E-state index contributed by atoms with van der Waals surface area (Å²) in [5.41, 5.74) is 1.24. The van der Waals surface area contributed by atoms with Crippen molar-refractivity contribution in [2.75, 3.05) is 32.8 Å². The third-order valence-corrected chi connectivity index (χ3v) is 6.00. The monoisotopic (exact) mass is 414 g/mol. The van der Waals surface area contributed by atoms with Crippen molar-refractivity contribution in [3.8, 4) is 5.75 Å². The normalized spacial score (nSPS) is 19.9. The second-order valence-corrected chi connectivity index (χ2v) is 8.52. The largest absolute Gasteiger partial charge is 0.494 e. The topological polar surface area (TPSA) is 66.0 Å². The average Bonchev–Trinajstić information content (AvgIpc) is 3.44. The Morgan fingerprint density at radius 3 is 2.67 bits per heavy atom. The van der Waals surface area contributed by atoms with Gasteiger partial charge in [-0.3, -0.25) is 9.79 Å². The maximum Gasteiger partial charge on any atom is 0.225 e. The maximum atomic E-state index is 12.6. The molecule has 0 aromatic heterocycles. The van der Waals surface area contributed by atoms with Crippen LogP contribution in [0.25, 0.3) is 0 Å². The SMILES string of the molecule is CCNC(=NCCCCOc1ccc(C)cc1)NC1CCN(C(=O)C2CCCC2)C1. The van der Waals surface area contributed by atoms with E-state index in [1.165, 1.54) is 18.4 Å². The van der Waals surface area contributed by atoms with E-state index in [1.54, 1.807) is 0 Å². The second kappa shape index (κ2) is 11.8. The molecule has 166 valence electrons. The molecule has 1 atom stereocenters. The van der Waals surface area contributed by atoms with Crippen molar-refractivity contribution in [1.29, 1.82) is 0 Å². The molecule has 1 saturated heterocycles. The van der Waals surface area contributed by atoms with E-state index < -0.39 is 0 Å². The molecule has 2 fully saturated rings. The molecule has 1 aromatic carbocycles. The highest BCUT2D eigenvalue weighted by atomic mass is 16.5. The molecule has 3 rings (SSSR count). The van der Waals surface area contributed by atoms with E-state index in [0.29, 0.717) is 12.5 Å². The number of benzene rings is 1. The van der Waals surface area contributed by atoms with Gasteiger partial charge in [-0.25, -0.2) is 0 Å². The molecule has 1 unspecified atom stereocenters. The van der Waals surface area contributed by atoms with Gasteiger partial charge in [0.05, 0.1) is 6.61 Å². The lowest BCUT2D eigenvalue weighted by molar-refractivity contribution is -0.134. The van der Waals surface area contributed by atoms with Crippen LogP contribution in [0.3, 0.4) is 0 Å². The summed E-state index contributed by atoms with van der Waals surface area (Å²) in [5.74, 6) is 2.43. The summed E-state index contributed by atoms with van der Waals surface area (Å²) in [6.45, 7) is 8.13. The molecule has 1 aromatic rings. The molecule has 6 heteroatoms. The Bertz CT molecular complexity index is 683.